The van der Waals surface area contributed by atoms with Crippen LogP contribution in [0.5, 0.6) is 5.75 Å². The fourth-order valence-corrected chi connectivity index (χ4v) is 2.51. The van der Waals surface area contributed by atoms with E-state index in [1.807, 2.05) is 24.3 Å². The number of rotatable bonds is 9. The molecule has 0 aliphatic carbocycles. The number of carbonyl (C=O) groups is 2. The highest BCUT2D eigenvalue weighted by molar-refractivity contribution is 6.04. The fraction of sp³-hybridized carbons (Fsp3) is 0.273. The minimum absolute atomic E-state index is 0.134. The van der Waals surface area contributed by atoms with Crippen LogP contribution < -0.4 is 15.4 Å². The van der Waals surface area contributed by atoms with Crippen molar-refractivity contribution >= 4 is 17.5 Å². The molecule has 1 atom stereocenters. The molecule has 0 fully saturated rings. The van der Waals surface area contributed by atoms with Crippen molar-refractivity contribution in [3.8, 4) is 5.75 Å². The molecule has 2 N–H and O–H groups in total. The highest BCUT2D eigenvalue weighted by Crippen LogP contribution is 2.21. The van der Waals surface area contributed by atoms with E-state index in [4.69, 9.17) is 4.74 Å². The third kappa shape index (κ3) is 5.99. The molecule has 27 heavy (non-hydrogen) atoms. The van der Waals surface area contributed by atoms with Gasteiger partial charge in [0.2, 0.25) is 0 Å². The van der Waals surface area contributed by atoms with Gasteiger partial charge in [0.25, 0.3) is 11.8 Å². The van der Waals surface area contributed by atoms with Crippen molar-refractivity contribution in [3.05, 3.63) is 72.3 Å². The van der Waals surface area contributed by atoms with Gasteiger partial charge in [0.1, 0.15) is 5.75 Å². The number of carbonyl (C=O) groups excluding carboxylic acids is 2. The van der Waals surface area contributed by atoms with Crippen molar-refractivity contribution in [2.75, 3.05) is 18.5 Å². The van der Waals surface area contributed by atoms with Crippen LogP contribution in [0.2, 0.25) is 0 Å². The van der Waals surface area contributed by atoms with Crippen LogP contribution in [-0.2, 0) is 4.79 Å². The molecule has 1 unspecified atom stereocenters. The van der Waals surface area contributed by atoms with E-state index in [-0.39, 0.29) is 18.4 Å². The van der Waals surface area contributed by atoms with Crippen molar-refractivity contribution in [2.45, 2.75) is 26.2 Å². The van der Waals surface area contributed by atoms with Crippen LogP contribution in [0, 0.1) is 0 Å². The Morgan fingerprint density at radius 3 is 2.52 bits per heavy atom. The Labute approximate surface area is 160 Å². The molecule has 5 nitrogen and oxygen atoms in total. The molecular formula is C22H26N2O3. The van der Waals surface area contributed by atoms with E-state index >= 15 is 0 Å². The van der Waals surface area contributed by atoms with Crippen LogP contribution in [-0.4, -0.2) is 25.0 Å². The van der Waals surface area contributed by atoms with Gasteiger partial charge in [-0.1, -0.05) is 44.2 Å². The SMILES string of the molecule is C=CCNC(=O)c1ccccc1NC(=O)COc1ccc(C(C)CC)cc1. The lowest BCUT2D eigenvalue weighted by Gasteiger charge is -2.12. The van der Waals surface area contributed by atoms with Crippen molar-refractivity contribution in [2.24, 2.45) is 0 Å². The second-order valence-corrected chi connectivity index (χ2v) is 6.26. The molecule has 2 aromatic rings. The van der Waals surface area contributed by atoms with Gasteiger partial charge in [-0.05, 0) is 42.2 Å². The molecule has 0 saturated carbocycles. The number of para-hydroxylation sites is 1. The van der Waals surface area contributed by atoms with Gasteiger partial charge in [0.15, 0.2) is 6.61 Å². The summed E-state index contributed by atoms with van der Waals surface area (Å²) in [5.74, 6) is 0.526. The lowest BCUT2D eigenvalue weighted by molar-refractivity contribution is -0.118. The monoisotopic (exact) mass is 366 g/mol. The number of nitrogens with one attached hydrogen (secondary N) is 2. The first-order chi connectivity index (χ1) is 13.0. The lowest BCUT2D eigenvalue weighted by Crippen LogP contribution is -2.26. The highest BCUT2D eigenvalue weighted by Gasteiger charge is 2.13. The molecule has 0 saturated heterocycles. The Balaban J connectivity index is 1.94. The quantitative estimate of drug-likeness (QED) is 0.656. The van der Waals surface area contributed by atoms with Crippen molar-refractivity contribution in [1.82, 2.24) is 5.32 Å². The van der Waals surface area contributed by atoms with Gasteiger partial charge in [-0.25, -0.2) is 0 Å². The molecular weight excluding hydrogens is 340 g/mol. The van der Waals surface area contributed by atoms with E-state index in [1.54, 1.807) is 30.3 Å². The Kier molecular flexibility index (Phi) is 7.62. The number of amides is 2. The maximum Gasteiger partial charge on any atom is 0.262 e. The predicted octanol–water partition coefficient (Wildman–Crippen LogP) is 4.13. The lowest BCUT2D eigenvalue weighted by atomic mass is 9.99. The van der Waals surface area contributed by atoms with E-state index in [0.717, 1.165) is 6.42 Å². The molecule has 0 radical (unpaired) electrons. The molecule has 142 valence electrons. The average Bonchev–Trinajstić information content (AvgIpc) is 2.70. The zero-order chi connectivity index (χ0) is 19.6. The summed E-state index contributed by atoms with van der Waals surface area (Å²) >= 11 is 0. The third-order valence-electron chi connectivity index (χ3n) is 4.28. The van der Waals surface area contributed by atoms with Gasteiger partial charge in [0.05, 0.1) is 11.3 Å². The smallest absolute Gasteiger partial charge is 0.262 e. The van der Waals surface area contributed by atoms with Crippen LogP contribution in [0.1, 0.15) is 42.1 Å². The maximum atomic E-state index is 12.2. The first kappa shape index (κ1) is 20.2. The van der Waals surface area contributed by atoms with Crippen molar-refractivity contribution in [3.63, 3.8) is 0 Å². The molecule has 0 heterocycles. The van der Waals surface area contributed by atoms with Crippen LogP contribution in [0.25, 0.3) is 0 Å². The van der Waals surface area contributed by atoms with Crippen LogP contribution in [0.15, 0.2) is 61.2 Å². The summed E-state index contributed by atoms with van der Waals surface area (Å²) < 4.78 is 5.55. The zero-order valence-electron chi connectivity index (χ0n) is 15.8. The number of hydrogen-bond donors (Lipinski definition) is 2. The fourth-order valence-electron chi connectivity index (χ4n) is 2.51. The Morgan fingerprint density at radius 2 is 1.85 bits per heavy atom. The Hall–Kier alpha value is -3.08. The number of ether oxygens (including phenoxy) is 1. The van der Waals surface area contributed by atoms with Crippen LogP contribution in [0.4, 0.5) is 5.69 Å². The standard InChI is InChI=1S/C22H26N2O3/c1-4-14-23-22(26)19-8-6-7-9-20(19)24-21(25)15-27-18-12-10-17(11-13-18)16(3)5-2/h4,6-13,16H,1,5,14-15H2,2-3H3,(H,23,26)(H,24,25). The van der Waals surface area contributed by atoms with Gasteiger partial charge >= 0.3 is 0 Å². The van der Waals surface area contributed by atoms with Gasteiger partial charge in [-0.15, -0.1) is 6.58 Å². The van der Waals surface area contributed by atoms with Crippen molar-refractivity contribution < 1.29 is 14.3 Å². The zero-order valence-corrected chi connectivity index (χ0v) is 15.8. The van der Waals surface area contributed by atoms with Gasteiger partial charge in [-0.2, -0.15) is 0 Å². The maximum absolute atomic E-state index is 12.2. The van der Waals surface area contributed by atoms with Crippen molar-refractivity contribution in [1.29, 1.82) is 0 Å². The summed E-state index contributed by atoms with van der Waals surface area (Å²) in [5.41, 5.74) is 2.08. The molecule has 5 heteroatoms. The number of benzene rings is 2. The van der Waals surface area contributed by atoms with Gasteiger partial charge < -0.3 is 15.4 Å². The molecule has 0 aliphatic heterocycles. The Morgan fingerprint density at radius 1 is 1.15 bits per heavy atom. The summed E-state index contributed by atoms with van der Waals surface area (Å²) in [6.45, 7) is 8.11. The second kappa shape index (κ2) is 10.2. The number of anilines is 1. The van der Waals surface area contributed by atoms with E-state index < -0.39 is 0 Å². The third-order valence-corrected chi connectivity index (χ3v) is 4.28. The normalized spacial score (nSPS) is 11.3. The first-order valence-electron chi connectivity index (χ1n) is 9.05. The average molecular weight is 366 g/mol. The summed E-state index contributed by atoms with van der Waals surface area (Å²) in [6.07, 6.45) is 2.67. The predicted molar refractivity (Wildman–Crippen MR) is 108 cm³/mol. The topological polar surface area (TPSA) is 67.4 Å². The largest absolute Gasteiger partial charge is 0.484 e. The van der Waals surface area contributed by atoms with Crippen LogP contribution >= 0.6 is 0 Å². The summed E-state index contributed by atoms with van der Waals surface area (Å²) in [6, 6.07) is 14.6. The van der Waals surface area contributed by atoms with Gasteiger partial charge in [0, 0.05) is 6.54 Å². The molecule has 0 aliphatic rings. The van der Waals surface area contributed by atoms with E-state index in [9.17, 15) is 9.59 Å². The second-order valence-electron chi connectivity index (χ2n) is 6.26. The highest BCUT2D eigenvalue weighted by atomic mass is 16.5. The van der Waals surface area contributed by atoms with Gasteiger partial charge in [-0.3, -0.25) is 9.59 Å². The minimum atomic E-state index is -0.329. The Bertz CT molecular complexity index is 784. The van der Waals surface area contributed by atoms with E-state index in [0.29, 0.717) is 29.5 Å². The molecule has 0 bridgehead atoms. The number of hydrogen-bond acceptors (Lipinski definition) is 3. The van der Waals surface area contributed by atoms with E-state index in [2.05, 4.69) is 31.1 Å². The molecule has 2 rings (SSSR count). The first-order valence-corrected chi connectivity index (χ1v) is 9.05. The van der Waals surface area contributed by atoms with E-state index in [1.165, 1.54) is 5.56 Å². The molecule has 2 aromatic carbocycles. The molecule has 0 aromatic heterocycles. The molecule has 0 spiro atoms. The summed E-state index contributed by atoms with van der Waals surface area (Å²) in [4.78, 5) is 24.4. The summed E-state index contributed by atoms with van der Waals surface area (Å²) in [5, 5.41) is 5.43. The van der Waals surface area contributed by atoms with Crippen LogP contribution in [0.3, 0.4) is 0 Å². The summed E-state index contributed by atoms with van der Waals surface area (Å²) in [7, 11) is 0. The minimum Gasteiger partial charge on any atom is -0.484 e. The molecule has 2 amide bonds.